The van der Waals surface area contributed by atoms with Crippen molar-refractivity contribution >= 4 is 22.9 Å². The van der Waals surface area contributed by atoms with Crippen LogP contribution >= 0.6 is 11.8 Å². The number of hydrogen-bond acceptors (Lipinski definition) is 4. The van der Waals surface area contributed by atoms with Gasteiger partial charge in [-0.1, -0.05) is 11.8 Å². The molecule has 0 spiro atoms. The summed E-state index contributed by atoms with van der Waals surface area (Å²) in [5, 5.41) is 0.105. The minimum absolute atomic E-state index is 0.105. The van der Waals surface area contributed by atoms with Gasteiger partial charge in [0.1, 0.15) is 0 Å². The molecule has 2 fully saturated rings. The molecule has 2 rings (SSSR count). The summed E-state index contributed by atoms with van der Waals surface area (Å²) in [5.41, 5.74) is 0. The quantitative estimate of drug-likeness (QED) is 0.751. The van der Waals surface area contributed by atoms with E-state index in [0.717, 1.165) is 12.3 Å². The van der Waals surface area contributed by atoms with Gasteiger partial charge in [-0.15, -0.1) is 0 Å². The highest BCUT2D eigenvalue weighted by atomic mass is 32.2. The fraction of sp³-hybridized carbons (Fsp3) is 0.818. The molecule has 0 bridgehead atoms. The third kappa shape index (κ3) is 3.35. The number of nitrogens with zero attached hydrogens (tertiary/aromatic N) is 2. The van der Waals surface area contributed by atoms with Crippen LogP contribution in [0.1, 0.15) is 13.3 Å². The molecule has 0 aliphatic carbocycles. The molecular formula is C11H18N2O3S. The molecule has 2 aliphatic heterocycles. The van der Waals surface area contributed by atoms with Crippen LogP contribution < -0.4 is 0 Å². The first-order valence-corrected chi connectivity index (χ1v) is 6.96. The maximum atomic E-state index is 11.9. The van der Waals surface area contributed by atoms with Crippen LogP contribution in [-0.4, -0.2) is 65.6 Å². The lowest BCUT2D eigenvalue weighted by Crippen LogP contribution is -2.45. The zero-order valence-corrected chi connectivity index (χ0v) is 10.9. The van der Waals surface area contributed by atoms with Gasteiger partial charge in [-0.2, -0.15) is 0 Å². The Labute approximate surface area is 105 Å². The lowest BCUT2D eigenvalue weighted by atomic mass is 10.2. The van der Waals surface area contributed by atoms with Gasteiger partial charge >= 0.3 is 0 Å². The minimum Gasteiger partial charge on any atom is -0.375 e. The molecule has 6 heteroatoms. The highest BCUT2D eigenvalue weighted by Crippen LogP contribution is 2.17. The van der Waals surface area contributed by atoms with Crippen molar-refractivity contribution in [2.24, 2.45) is 0 Å². The van der Waals surface area contributed by atoms with Crippen LogP contribution in [0.25, 0.3) is 0 Å². The summed E-state index contributed by atoms with van der Waals surface area (Å²) < 4.78 is 5.39. The summed E-state index contributed by atoms with van der Waals surface area (Å²) in [7, 11) is 0. The SMILES string of the molecule is C[C@H]1CN(C(=O)CCN2CCSC2=O)CCO1. The van der Waals surface area contributed by atoms with Gasteiger partial charge in [-0.3, -0.25) is 9.59 Å². The van der Waals surface area contributed by atoms with Crippen molar-refractivity contribution in [2.75, 3.05) is 38.5 Å². The second-order valence-electron chi connectivity index (χ2n) is 4.37. The Morgan fingerprint density at radius 1 is 1.53 bits per heavy atom. The van der Waals surface area contributed by atoms with Crippen molar-refractivity contribution in [1.29, 1.82) is 0 Å². The van der Waals surface area contributed by atoms with Crippen molar-refractivity contribution in [3.63, 3.8) is 0 Å². The fourth-order valence-corrected chi connectivity index (χ4v) is 2.91. The van der Waals surface area contributed by atoms with Gasteiger partial charge in [-0.05, 0) is 6.92 Å². The van der Waals surface area contributed by atoms with E-state index in [4.69, 9.17) is 4.74 Å². The number of carbonyl (C=O) groups excluding carboxylic acids is 2. The average molecular weight is 258 g/mol. The van der Waals surface area contributed by atoms with E-state index in [0.29, 0.717) is 32.7 Å². The number of thioether (sulfide) groups is 1. The predicted molar refractivity (Wildman–Crippen MR) is 66.0 cm³/mol. The molecule has 0 aromatic heterocycles. The molecule has 0 aromatic carbocycles. The number of carbonyl (C=O) groups is 2. The Morgan fingerprint density at radius 3 is 3.00 bits per heavy atom. The highest BCUT2D eigenvalue weighted by molar-refractivity contribution is 8.13. The van der Waals surface area contributed by atoms with Crippen LogP contribution in [0.15, 0.2) is 0 Å². The van der Waals surface area contributed by atoms with Crippen LogP contribution in [0, 0.1) is 0 Å². The van der Waals surface area contributed by atoms with E-state index in [1.54, 1.807) is 4.90 Å². The Hall–Kier alpha value is -0.750. The second kappa shape index (κ2) is 5.73. The largest absolute Gasteiger partial charge is 0.375 e. The molecule has 0 N–H and O–H groups in total. The summed E-state index contributed by atoms with van der Waals surface area (Å²) in [4.78, 5) is 26.9. The maximum Gasteiger partial charge on any atom is 0.281 e. The summed E-state index contributed by atoms with van der Waals surface area (Å²) in [6.45, 7) is 5.26. The summed E-state index contributed by atoms with van der Waals surface area (Å²) in [6, 6.07) is 0. The Bertz CT molecular complexity index is 311. The summed E-state index contributed by atoms with van der Waals surface area (Å²) in [6.07, 6.45) is 0.552. The maximum absolute atomic E-state index is 11.9. The average Bonchev–Trinajstić information content (AvgIpc) is 2.72. The van der Waals surface area contributed by atoms with Crippen LogP contribution in [0.2, 0.25) is 0 Å². The van der Waals surface area contributed by atoms with Gasteiger partial charge in [-0.25, -0.2) is 0 Å². The van der Waals surface area contributed by atoms with E-state index in [-0.39, 0.29) is 17.3 Å². The monoisotopic (exact) mass is 258 g/mol. The third-order valence-electron chi connectivity index (χ3n) is 3.03. The van der Waals surface area contributed by atoms with Gasteiger partial charge in [0.25, 0.3) is 5.24 Å². The number of hydrogen-bond donors (Lipinski definition) is 0. The van der Waals surface area contributed by atoms with Crippen LogP contribution in [0.5, 0.6) is 0 Å². The fourth-order valence-electron chi connectivity index (χ4n) is 2.06. The van der Waals surface area contributed by atoms with Crippen LogP contribution in [0.4, 0.5) is 4.79 Å². The Kier molecular flexibility index (Phi) is 4.28. The minimum atomic E-state index is 0.105. The zero-order valence-electron chi connectivity index (χ0n) is 10.1. The summed E-state index contributed by atoms with van der Waals surface area (Å²) >= 11 is 1.34. The lowest BCUT2D eigenvalue weighted by Gasteiger charge is -2.31. The van der Waals surface area contributed by atoms with Crippen molar-refractivity contribution in [3.05, 3.63) is 0 Å². The molecule has 2 amide bonds. The molecule has 0 saturated carbocycles. The van der Waals surface area contributed by atoms with Gasteiger partial charge in [0, 0.05) is 38.4 Å². The Balaban J connectivity index is 1.74. The van der Waals surface area contributed by atoms with Crippen LogP contribution in [-0.2, 0) is 9.53 Å². The van der Waals surface area contributed by atoms with Gasteiger partial charge in [0.15, 0.2) is 0 Å². The number of ether oxygens (including phenoxy) is 1. The van der Waals surface area contributed by atoms with E-state index < -0.39 is 0 Å². The normalized spacial score (nSPS) is 25.5. The van der Waals surface area contributed by atoms with Crippen molar-refractivity contribution < 1.29 is 14.3 Å². The van der Waals surface area contributed by atoms with Gasteiger partial charge in [0.05, 0.1) is 12.7 Å². The number of amides is 2. The molecule has 5 nitrogen and oxygen atoms in total. The topological polar surface area (TPSA) is 49.9 Å². The summed E-state index contributed by atoms with van der Waals surface area (Å²) in [5.74, 6) is 0.978. The van der Waals surface area contributed by atoms with Gasteiger partial charge < -0.3 is 14.5 Å². The second-order valence-corrected chi connectivity index (χ2v) is 5.42. The van der Waals surface area contributed by atoms with E-state index >= 15 is 0 Å². The lowest BCUT2D eigenvalue weighted by molar-refractivity contribution is -0.138. The van der Waals surface area contributed by atoms with Crippen molar-refractivity contribution in [3.8, 4) is 0 Å². The van der Waals surface area contributed by atoms with E-state index in [9.17, 15) is 9.59 Å². The molecule has 2 aliphatic rings. The molecule has 1 atom stereocenters. The first-order chi connectivity index (χ1) is 8.16. The molecule has 0 unspecified atom stereocenters. The first-order valence-electron chi connectivity index (χ1n) is 5.98. The Morgan fingerprint density at radius 2 is 2.35 bits per heavy atom. The van der Waals surface area contributed by atoms with Gasteiger partial charge in [0.2, 0.25) is 5.91 Å². The molecule has 0 aromatic rings. The molecule has 0 radical (unpaired) electrons. The first kappa shape index (κ1) is 12.7. The van der Waals surface area contributed by atoms with Crippen molar-refractivity contribution in [1.82, 2.24) is 9.80 Å². The van der Waals surface area contributed by atoms with Crippen LogP contribution in [0.3, 0.4) is 0 Å². The third-order valence-corrected chi connectivity index (χ3v) is 3.93. The molecule has 17 heavy (non-hydrogen) atoms. The molecule has 96 valence electrons. The zero-order chi connectivity index (χ0) is 12.3. The van der Waals surface area contributed by atoms with Crippen molar-refractivity contribution in [2.45, 2.75) is 19.4 Å². The molecule has 2 saturated heterocycles. The number of morpholine rings is 1. The standard InChI is InChI=1S/C11H18N2O3S/c1-9-8-13(4-6-16-9)10(14)2-3-12-5-7-17-11(12)15/h9H,2-8H2,1H3/t9-/m0/s1. The molecular weight excluding hydrogens is 240 g/mol. The number of rotatable bonds is 3. The highest BCUT2D eigenvalue weighted by Gasteiger charge is 2.24. The smallest absolute Gasteiger partial charge is 0.281 e. The van der Waals surface area contributed by atoms with E-state index in [2.05, 4.69) is 0 Å². The van der Waals surface area contributed by atoms with E-state index in [1.165, 1.54) is 11.8 Å². The predicted octanol–water partition coefficient (Wildman–Crippen LogP) is 0.793. The van der Waals surface area contributed by atoms with E-state index in [1.807, 2.05) is 11.8 Å². The molecule has 2 heterocycles.